The summed E-state index contributed by atoms with van der Waals surface area (Å²) in [6.07, 6.45) is 5.07. The Hall–Kier alpha value is -2.44. The first-order valence-electron chi connectivity index (χ1n) is 9.73. The molecule has 3 aromatic rings. The fourth-order valence-electron chi connectivity index (χ4n) is 4.45. The van der Waals surface area contributed by atoms with E-state index in [1.807, 2.05) is 18.3 Å². The van der Waals surface area contributed by atoms with Gasteiger partial charge in [0.2, 0.25) is 0 Å². The molecule has 2 aromatic heterocycles. The number of aromatic nitrogens is 3. The van der Waals surface area contributed by atoms with Gasteiger partial charge in [0.05, 0.1) is 6.20 Å². The van der Waals surface area contributed by atoms with Gasteiger partial charge in [0.25, 0.3) is 0 Å². The second-order valence-corrected chi connectivity index (χ2v) is 7.82. The largest absolute Gasteiger partial charge is 0.484 e. The van der Waals surface area contributed by atoms with Crippen molar-refractivity contribution >= 4 is 5.65 Å². The van der Waals surface area contributed by atoms with Crippen LogP contribution in [-0.4, -0.2) is 39.6 Å². The highest BCUT2D eigenvalue weighted by Gasteiger charge is 2.27. The van der Waals surface area contributed by atoms with E-state index in [-0.39, 0.29) is 12.1 Å². The normalized spacial score (nSPS) is 25.6. The summed E-state index contributed by atoms with van der Waals surface area (Å²) in [6, 6.07) is 12.5. The summed E-state index contributed by atoms with van der Waals surface area (Å²) in [7, 11) is 2.16. The van der Waals surface area contributed by atoms with Gasteiger partial charge in [-0.25, -0.2) is 0 Å². The number of fused-ring (bicyclic) bond motifs is 2. The van der Waals surface area contributed by atoms with Crippen LogP contribution in [0.5, 0.6) is 5.75 Å². The molecular formula is C21H25N5O. The summed E-state index contributed by atoms with van der Waals surface area (Å²) in [5, 5.41) is 8.80. The minimum atomic E-state index is 0.0380. The molecule has 0 spiro atoms. The van der Waals surface area contributed by atoms with E-state index in [9.17, 15) is 0 Å². The van der Waals surface area contributed by atoms with Crippen LogP contribution in [0, 0.1) is 0 Å². The lowest BCUT2D eigenvalue weighted by Gasteiger charge is -2.30. The van der Waals surface area contributed by atoms with Gasteiger partial charge in [-0.2, -0.15) is 0 Å². The van der Waals surface area contributed by atoms with Gasteiger partial charge in [0, 0.05) is 18.5 Å². The molecule has 6 nitrogen and oxygen atoms in total. The molecule has 1 aliphatic heterocycles. The Morgan fingerprint density at radius 3 is 2.70 bits per heavy atom. The van der Waals surface area contributed by atoms with Gasteiger partial charge in [0.15, 0.2) is 5.65 Å². The lowest BCUT2D eigenvalue weighted by atomic mass is 9.86. The molecule has 1 unspecified atom stereocenters. The Balaban J connectivity index is 1.45. The standard InChI is InChI=1S/C21H25N5O/c1-25-11-10-14(12-25)21-24-23-20-9-6-15(13-26(20)21)27-19-8-7-18(22)16-4-2-3-5-17(16)19/h2-6,9,13-14,18-19H,7-8,10-12,22H2,1H3/t14?,18-,19+/m0/s1. The first-order chi connectivity index (χ1) is 13.2. The van der Waals surface area contributed by atoms with E-state index in [2.05, 4.69) is 50.8 Å². The van der Waals surface area contributed by atoms with Crippen LogP contribution in [0.1, 0.15) is 54.3 Å². The Bertz CT molecular complexity index is 968. The molecule has 3 atom stereocenters. The maximum Gasteiger partial charge on any atom is 0.161 e. The van der Waals surface area contributed by atoms with Gasteiger partial charge in [-0.05, 0) is 56.1 Å². The fourth-order valence-corrected chi connectivity index (χ4v) is 4.45. The smallest absolute Gasteiger partial charge is 0.161 e. The van der Waals surface area contributed by atoms with Crippen molar-refractivity contribution in [2.75, 3.05) is 20.1 Å². The molecule has 27 heavy (non-hydrogen) atoms. The van der Waals surface area contributed by atoms with Crippen molar-refractivity contribution < 1.29 is 4.74 Å². The van der Waals surface area contributed by atoms with E-state index in [1.54, 1.807) is 0 Å². The highest BCUT2D eigenvalue weighted by molar-refractivity contribution is 5.43. The van der Waals surface area contributed by atoms with Crippen molar-refractivity contribution in [3.8, 4) is 5.75 Å². The highest BCUT2D eigenvalue weighted by Crippen LogP contribution is 2.37. The van der Waals surface area contributed by atoms with E-state index in [1.165, 1.54) is 11.1 Å². The summed E-state index contributed by atoms with van der Waals surface area (Å²) in [5.41, 5.74) is 9.57. The van der Waals surface area contributed by atoms with Crippen molar-refractivity contribution in [3.05, 3.63) is 59.5 Å². The summed E-state index contributed by atoms with van der Waals surface area (Å²) in [5.74, 6) is 2.31. The Labute approximate surface area is 159 Å². The van der Waals surface area contributed by atoms with Crippen molar-refractivity contribution in [3.63, 3.8) is 0 Å². The maximum absolute atomic E-state index is 6.40. The number of nitrogens with zero attached hydrogens (tertiary/aromatic N) is 4. The zero-order chi connectivity index (χ0) is 18.4. The molecule has 0 saturated carbocycles. The number of hydrogen-bond acceptors (Lipinski definition) is 5. The Morgan fingerprint density at radius 1 is 1.04 bits per heavy atom. The minimum absolute atomic E-state index is 0.0380. The molecule has 5 rings (SSSR count). The lowest BCUT2D eigenvalue weighted by molar-refractivity contribution is 0.176. The number of rotatable bonds is 3. The van der Waals surface area contributed by atoms with Crippen LogP contribution < -0.4 is 10.5 Å². The molecule has 140 valence electrons. The van der Waals surface area contributed by atoms with Crippen molar-refractivity contribution in [1.82, 2.24) is 19.5 Å². The summed E-state index contributed by atoms with van der Waals surface area (Å²) >= 11 is 0. The Kier molecular flexibility index (Phi) is 4.10. The zero-order valence-corrected chi connectivity index (χ0v) is 15.6. The van der Waals surface area contributed by atoms with E-state index in [0.29, 0.717) is 5.92 Å². The van der Waals surface area contributed by atoms with E-state index in [0.717, 1.165) is 49.6 Å². The third-order valence-corrected chi connectivity index (χ3v) is 5.92. The number of likely N-dealkylation sites (tertiary alicyclic amines) is 1. The van der Waals surface area contributed by atoms with Gasteiger partial charge in [0.1, 0.15) is 17.7 Å². The van der Waals surface area contributed by atoms with Crippen LogP contribution in [-0.2, 0) is 0 Å². The van der Waals surface area contributed by atoms with Gasteiger partial charge < -0.3 is 15.4 Å². The molecule has 3 heterocycles. The second-order valence-electron chi connectivity index (χ2n) is 7.82. The lowest BCUT2D eigenvalue weighted by Crippen LogP contribution is -2.23. The third-order valence-electron chi connectivity index (χ3n) is 5.92. The molecule has 1 aromatic carbocycles. The SMILES string of the molecule is CN1CCC(c2nnc3ccc(O[C@@H]4CC[C@H](N)c5ccccc54)cn23)C1. The van der Waals surface area contributed by atoms with Gasteiger partial charge in [-0.1, -0.05) is 24.3 Å². The Morgan fingerprint density at radius 2 is 1.89 bits per heavy atom. The molecule has 1 aliphatic carbocycles. The fraction of sp³-hybridized carbons (Fsp3) is 0.429. The van der Waals surface area contributed by atoms with Crippen LogP contribution in [0.25, 0.3) is 5.65 Å². The van der Waals surface area contributed by atoms with Crippen molar-refractivity contribution in [2.24, 2.45) is 5.73 Å². The van der Waals surface area contributed by atoms with Crippen LogP contribution in [0.4, 0.5) is 0 Å². The van der Waals surface area contributed by atoms with E-state index < -0.39 is 0 Å². The third kappa shape index (κ3) is 2.99. The number of hydrogen-bond donors (Lipinski definition) is 1. The molecule has 2 aliphatic rings. The van der Waals surface area contributed by atoms with Crippen LogP contribution >= 0.6 is 0 Å². The molecule has 1 fully saturated rings. The van der Waals surface area contributed by atoms with Crippen LogP contribution in [0.3, 0.4) is 0 Å². The van der Waals surface area contributed by atoms with Crippen molar-refractivity contribution in [1.29, 1.82) is 0 Å². The van der Waals surface area contributed by atoms with Crippen LogP contribution in [0.2, 0.25) is 0 Å². The average molecular weight is 363 g/mol. The molecule has 2 N–H and O–H groups in total. The van der Waals surface area contributed by atoms with E-state index in [4.69, 9.17) is 10.5 Å². The van der Waals surface area contributed by atoms with E-state index >= 15 is 0 Å². The number of pyridine rings is 1. The number of benzene rings is 1. The molecule has 0 amide bonds. The average Bonchev–Trinajstić information content (AvgIpc) is 3.30. The van der Waals surface area contributed by atoms with Gasteiger partial charge >= 0.3 is 0 Å². The number of likely N-dealkylation sites (N-methyl/N-ethyl adjacent to an activating group) is 1. The topological polar surface area (TPSA) is 68.7 Å². The van der Waals surface area contributed by atoms with Gasteiger partial charge in [-0.3, -0.25) is 4.40 Å². The number of ether oxygens (including phenoxy) is 1. The molecule has 0 bridgehead atoms. The highest BCUT2D eigenvalue weighted by atomic mass is 16.5. The van der Waals surface area contributed by atoms with Crippen LogP contribution in [0.15, 0.2) is 42.6 Å². The predicted molar refractivity (Wildman–Crippen MR) is 104 cm³/mol. The minimum Gasteiger partial charge on any atom is -0.484 e. The first kappa shape index (κ1) is 16.7. The molecular weight excluding hydrogens is 338 g/mol. The summed E-state index contributed by atoms with van der Waals surface area (Å²) in [4.78, 5) is 2.34. The molecule has 1 saturated heterocycles. The molecule has 0 radical (unpaired) electrons. The summed E-state index contributed by atoms with van der Waals surface area (Å²) in [6.45, 7) is 2.13. The zero-order valence-electron chi connectivity index (χ0n) is 15.6. The predicted octanol–water partition coefficient (Wildman–Crippen LogP) is 3.06. The quantitative estimate of drug-likeness (QED) is 0.774. The molecule has 6 heteroatoms. The monoisotopic (exact) mass is 363 g/mol. The van der Waals surface area contributed by atoms with Gasteiger partial charge in [-0.15, -0.1) is 10.2 Å². The number of nitrogens with two attached hydrogens (primary N) is 1. The van der Waals surface area contributed by atoms with Crippen molar-refractivity contribution in [2.45, 2.75) is 37.3 Å². The summed E-state index contributed by atoms with van der Waals surface area (Å²) < 4.78 is 8.50. The second kappa shape index (κ2) is 6.62. The maximum atomic E-state index is 6.40. The first-order valence-corrected chi connectivity index (χ1v) is 9.73.